The van der Waals surface area contributed by atoms with Crippen molar-refractivity contribution in [3.05, 3.63) is 11.6 Å². The molecule has 0 aromatic rings. The van der Waals surface area contributed by atoms with Crippen LogP contribution in [-0.4, -0.2) is 5.38 Å². The fraction of sp³-hybridized carbons (Fsp3) is 0.778. The molecule has 2 atom stereocenters. The van der Waals surface area contributed by atoms with E-state index in [1.54, 1.807) is 0 Å². The quantitative estimate of drug-likeness (QED) is 0.437. The summed E-state index contributed by atoms with van der Waals surface area (Å²) in [5.74, 6) is 0.623. The van der Waals surface area contributed by atoms with E-state index in [1.165, 1.54) is 5.57 Å². The van der Waals surface area contributed by atoms with Gasteiger partial charge in [0, 0.05) is 5.38 Å². The van der Waals surface area contributed by atoms with Crippen LogP contribution in [0.4, 0.5) is 0 Å². The lowest BCUT2D eigenvalue weighted by Crippen LogP contribution is -1.99. The normalized spacial score (nSPS) is 16.1. The summed E-state index contributed by atoms with van der Waals surface area (Å²) in [7, 11) is 0. The van der Waals surface area contributed by atoms with Crippen LogP contribution in [0.25, 0.3) is 0 Å². The van der Waals surface area contributed by atoms with Crippen LogP contribution in [0, 0.1) is 5.92 Å². The fourth-order valence-corrected chi connectivity index (χ4v) is 1.43. The second-order valence-corrected chi connectivity index (χ2v) is 3.98. The van der Waals surface area contributed by atoms with E-state index in [-0.39, 0.29) is 0 Å². The highest BCUT2D eigenvalue weighted by Crippen LogP contribution is 2.13. The Hall–Kier alpha value is 0.0300. The standard InChI is InChI=1S/C9H17Cl/c1-7(2)5-8(3)6-9(4)10/h5,8-9H,6H2,1-4H3/t8-,9+/m1/s1. The van der Waals surface area contributed by atoms with Crippen molar-refractivity contribution in [1.29, 1.82) is 0 Å². The van der Waals surface area contributed by atoms with E-state index in [0.29, 0.717) is 11.3 Å². The Balaban J connectivity index is 3.64. The van der Waals surface area contributed by atoms with Crippen molar-refractivity contribution in [2.24, 2.45) is 5.92 Å². The van der Waals surface area contributed by atoms with E-state index in [1.807, 2.05) is 6.92 Å². The summed E-state index contributed by atoms with van der Waals surface area (Å²) in [6.45, 7) is 8.48. The molecular formula is C9H17Cl. The first kappa shape index (κ1) is 10.0. The Morgan fingerprint density at radius 3 is 2.20 bits per heavy atom. The summed E-state index contributed by atoms with van der Waals surface area (Å²) in [6, 6.07) is 0. The lowest BCUT2D eigenvalue weighted by molar-refractivity contribution is 0.636. The number of rotatable bonds is 3. The van der Waals surface area contributed by atoms with E-state index in [4.69, 9.17) is 11.6 Å². The highest BCUT2D eigenvalue weighted by molar-refractivity contribution is 6.20. The third kappa shape index (κ3) is 6.15. The number of allylic oxidation sites excluding steroid dienone is 2. The molecule has 0 bridgehead atoms. The fourth-order valence-electron chi connectivity index (χ4n) is 1.15. The second kappa shape index (κ2) is 4.79. The van der Waals surface area contributed by atoms with E-state index >= 15 is 0 Å². The molecule has 0 N–H and O–H groups in total. The summed E-state index contributed by atoms with van der Waals surface area (Å²) < 4.78 is 0. The predicted octanol–water partition coefficient (Wildman–Crippen LogP) is 3.61. The van der Waals surface area contributed by atoms with Crippen molar-refractivity contribution in [3.63, 3.8) is 0 Å². The van der Waals surface area contributed by atoms with E-state index in [0.717, 1.165) is 6.42 Å². The summed E-state index contributed by atoms with van der Waals surface area (Å²) in [4.78, 5) is 0. The monoisotopic (exact) mass is 160 g/mol. The molecule has 0 nitrogen and oxygen atoms in total. The molecule has 0 radical (unpaired) electrons. The van der Waals surface area contributed by atoms with Gasteiger partial charge in [-0.3, -0.25) is 0 Å². The number of hydrogen-bond acceptors (Lipinski definition) is 0. The molecule has 0 amide bonds. The molecule has 0 saturated carbocycles. The zero-order valence-electron chi connectivity index (χ0n) is 7.32. The van der Waals surface area contributed by atoms with Crippen molar-refractivity contribution in [3.8, 4) is 0 Å². The van der Waals surface area contributed by atoms with E-state index < -0.39 is 0 Å². The van der Waals surface area contributed by atoms with Crippen LogP contribution in [0.5, 0.6) is 0 Å². The highest BCUT2D eigenvalue weighted by Gasteiger charge is 2.01. The molecule has 60 valence electrons. The molecule has 0 aliphatic rings. The van der Waals surface area contributed by atoms with Gasteiger partial charge in [-0.2, -0.15) is 0 Å². The molecule has 0 aromatic heterocycles. The van der Waals surface area contributed by atoms with Crippen molar-refractivity contribution in [1.82, 2.24) is 0 Å². The maximum atomic E-state index is 5.83. The SMILES string of the molecule is CC(C)=C[C@@H](C)C[C@H](C)Cl. The van der Waals surface area contributed by atoms with Gasteiger partial charge >= 0.3 is 0 Å². The Kier molecular flexibility index (Phi) is 4.80. The van der Waals surface area contributed by atoms with Gasteiger partial charge in [-0.25, -0.2) is 0 Å². The molecule has 0 saturated heterocycles. The van der Waals surface area contributed by atoms with Gasteiger partial charge < -0.3 is 0 Å². The molecule has 0 aromatic carbocycles. The van der Waals surface area contributed by atoms with Gasteiger partial charge in [-0.05, 0) is 33.1 Å². The molecule has 0 aliphatic carbocycles. The average Bonchev–Trinajstić information content (AvgIpc) is 1.58. The second-order valence-electron chi connectivity index (χ2n) is 3.24. The smallest absolute Gasteiger partial charge is 0.0313 e. The van der Waals surface area contributed by atoms with Gasteiger partial charge in [0.2, 0.25) is 0 Å². The zero-order chi connectivity index (χ0) is 8.15. The molecule has 0 unspecified atom stereocenters. The zero-order valence-corrected chi connectivity index (χ0v) is 8.07. The van der Waals surface area contributed by atoms with Crippen molar-refractivity contribution < 1.29 is 0 Å². The first-order valence-electron chi connectivity index (χ1n) is 3.81. The maximum absolute atomic E-state index is 5.83. The van der Waals surface area contributed by atoms with Gasteiger partial charge in [0.15, 0.2) is 0 Å². The van der Waals surface area contributed by atoms with Crippen LogP contribution in [-0.2, 0) is 0 Å². The van der Waals surface area contributed by atoms with Crippen LogP contribution < -0.4 is 0 Å². The summed E-state index contributed by atoms with van der Waals surface area (Å²) >= 11 is 5.83. The Morgan fingerprint density at radius 1 is 1.40 bits per heavy atom. The average molecular weight is 161 g/mol. The minimum absolute atomic E-state index is 0.297. The number of halogens is 1. The minimum atomic E-state index is 0.297. The van der Waals surface area contributed by atoms with Gasteiger partial charge in [0.25, 0.3) is 0 Å². The van der Waals surface area contributed by atoms with Crippen LogP contribution in [0.15, 0.2) is 11.6 Å². The van der Waals surface area contributed by atoms with Crippen LogP contribution >= 0.6 is 11.6 Å². The Labute approximate surface area is 69.3 Å². The molecule has 0 aliphatic heterocycles. The lowest BCUT2D eigenvalue weighted by Gasteiger charge is -2.07. The Morgan fingerprint density at radius 2 is 1.90 bits per heavy atom. The predicted molar refractivity (Wildman–Crippen MR) is 48.5 cm³/mol. The first-order valence-corrected chi connectivity index (χ1v) is 4.25. The maximum Gasteiger partial charge on any atom is 0.0313 e. The van der Waals surface area contributed by atoms with Crippen LogP contribution in [0.1, 0.15) is 34.1 Å². The molecule has 10 heavy (non-hydrogen) atoms. The van der Waals surface area contributed by atoms with Crippen molar-refractivity contribution in [2.45, 2.75) is 39.5 Å². The Bertz CT molecular complexity index is 110. The van der Waals surface area contributed by atoms with Gasteiger partial charge in [0.1, 0.15) is 0 Å². The van der Waals surface area contributed by atoms with Gasteiger partial charge in [-0.1, -0.05) is 18.6 Å². The molecule has 0 rings (SSSR count). The van der Waals surface area contributed by atoms with Gasteiger partial charge in [0.05, 0.1) is 0 Å². The van der Waals surface area contributed by atoms with Crippen LogP contribution in [0.3, 0.4) is 0 Å². The largest absolute Gasteiger partial charge is 0.123 e. The van der Waals surface area contributed by atoms with Crippen LogP contribution in [0.2, 0.25) is 0 Å². The summed E-state index contributed by atoms with van der Waals surface area (Å²) in [5, 5.41) is 0.297. The van der Waals surface area contributed by atoms with Crippen molar-refractivity contribution in [2.75, 3.05) is 0 Å². The van der Waals surface area contributed by atoms with E-state index in [9.17, 15) is 0 Å². The molecular weight excluding hydrogens is 144 g/mol. The third-order valence-corrected chi connectivity index (χ3v) is 1.49. The molecule has 1 heteroatoms. The van der Waals surface area contributed by atoms with E-state index in [2.05, 4.69) is 26.8 Å². The molecule has 0 heterocycles. The lowest BCUT2D eigenvalue weighted by atomic mass is 10.0. The number of alkyl halides is 1. The third-order valence-electron chi connectivity index (χ3n) is 1.31. The minimum Gasteiger partial charge on any atom is -0.123 e. The van der Waals surface area contributed by atoms with Crippen molar-refractivity contribution >= 4 is 11.6 Å². The van der Waals surface area contributed by atoms with Gasteiger partial charge in [-0.15, -0.1) is 11.6 Å². The highest BCUT2D eigenvalue weighted by atomic mass is 35.5. The molecule has 0 fully saturated rings. The first-order chi connectivity index (χ1) is 4.52. The summed E-state index contributed by atoms with van der Waals surface area (Å²) in [5.41, 5.74) is 1.38. The topological polar surface area (TPSA) is 0 Å². The number of hydrogen-bond donors (Lipinski definition) is 0. The molecule has 0 spiro atoms. The summed E-state index contributed by atoms with van der Waals surface area (Å²) in [6.07, 6.45) is 3.34.